The van der Waals surface area contributed by atoms with Gasteiger partial charge in [-0.05, 0) is 69.8 Å². The highest BCUT2D eigenvalue weighted by atomic mass is 16.5. The van der Waals surface area contributed by atoms with Crippen LogP contribution in [0.25, 0.3) is 33.5 Å². The summed E-state index contributed by atoms with van der Waals surface area (Å²) in [6, 6.07) is 13.9. The van der Waals surface area contributed by atoms with E-state index >= 15 is 0 Å². The van der Waals surface area contributed by atoms with E-state index in [1.807, 2.05) is 18.2 Å². The fourth-order valence-electron chi connectivity index (χ4n) is 5.62. The van der Waals surface area contributed by atoms with E-state index < -0.39 is 0 Å². The molecule has 178 valence electrons. The normalized spacial score (nSPS) is 20.2. The SMILES string of the molecule is COc1ccc2[nH]nc(-c3nc4ccc(N5CCC(N6CCC(N(C)C)C6)CC5)cc4[nH]3)c2c1. The Balaban J connectivity index is 1.19. The van der Waals surface area contributed by atoms with Crippen molar-refractivity contribution in [2.24, 2.45) is 0 Å². The Morgan fingerprint density at radius 3 is 2.62 bits per heavy atom. The minimum atomic E-state index is 0.711. The minimum absolute atomic E-state index is 0.711. The van der Waals surface area contributed by atoms with Gasteiger partial charge in [0.1, 0.15) is 11.4 Å². The molecule has 2 aromatic carbocycles. The topological polar surface area (TPSA) is 76.3 Å². The summed E-state index contributed by atoms with van der Waals surface area (Å²) < 4.78 is 5.40. The lowest BCUT2D eigenvalue weighted by molar-refractivity contribution is 0.189. The molecule has 0 saturated carbocycles. The molecule has 0 radical (unpaired) electrons. The van der Waals surface area contributed by atoms with Crippen LogP contribution in [0.2, 0.25) is 0 Å². The number of fused-ring (bicyclic) bond motifs is 2. The molecule has 1 unspecified atom stereocenters. The number of benzene rings is 2. The summed E-state index contributed by atoms with van der Waals surface area (Å²) >= 11 is 0. The van der Waals surface area contributed by atoms with Gasteiger partial charge >= 0.3 is 0 Å². The third kappa shape index (κ3) is 3.80. The zero-order valence-electron chi connectivity index (χ0n) is 20.2. The fraction of sp³-hybridized carbons (Fsp3) is 0.462. The average molecular weight is 460 g/mol. The summed E-state index contributed by atoms with van der Waals surface area (Å²) in [7, 11) is 6.09. The number of piperidine rings is 1. The van der Waals surface area contributed by atoms with Crippen LogP contribution in [0.5, 0.6) is 5.75 Å². The van der Waals surface area contributed by atoms with Gasteiger partial charge in [-0.15, -0.1) is 0 Å². The number of rotatable bonds is 5. The van der Waals surface area contributed by atoms with Crippen molar-refractivity contribution >= 4 is 27.6 Å². The molecule has 4 heterocycles. The Morgan fingerprint density at radius 2 is 1.85 bits per heavy atom. The molecule has 0 spiro atoms. The first kappa shape index (κ1) is 21.4. The summed E-state index contributed by atoms with van der Waals surface area (Å²) in [6.45, 7) is 4.66. The van der Waals surface area contributed by atoms with Gasteiger partial charge in [0.15, 0.2) is 5.82 Å². The average Bonchev–Trinajstić information content (AvgIpc) is 3.61. The second-order valence-corrected chi connectivity index (χ2v) is 9.89. The number of ether oxygens (including phenoxy) is 1. The minimum Gasteiger partial charge on any atom is -0.497 e. The molecule has 6 rings (SSSR count). The molecule has 2 N–H and O–H groups in total. The fourth-order valence-corrected chi connectivity index (χ4v) is 5.62. The van der Waals surface area contributed by atoms with Crippen molar-refractivity contribution < 1.29 is 4.74 Å². The van der Waals surface area contributed by atoms with Gasteiger partial charge in [-0.3, -0.25) is 10.00 Å². The number of likely N-dealkylation sites (N-methyl/N-ethyl adjacent to an activating group) is 1. The molecule has 34 heavy (non-hydrogen) atoms. The molecule has 2 fully saturated rings. The summed E-state index contributed by atoms with van der Waals surface area (Å²) in [5.41, 5.74) is 5.05. The van der Waals surface area contributed by atoms with Gasteiger partial charge in [-0.2, -0.15) is 5.10 Å². The molecule has 1 atom stereocenters. The zero-order valence-corrected chi connectivity index (χ0v) is 20.2. The number of nitrogens with zero attached hydrogens (tertiary/aromatic N) is 5. The van der Waals surface area contributed by atoms with E-state index in [0.717, 1.165) is 52.3 Å². The van der Waals surface area contributed by atoms with Crippen LogP contribution in [0.3, 0.4) is 0 Å². The van der Waals surface area contributed by atoms with E-state index in [4.69, 9.17) is 9.72 Å². The van der Waals surface area contributed by atoms with Gasteiger partial charge in [0.25, 0.3) is 0 Å². The maximum absolute atomic E-state index is 5.40. The molecule has 2 aromatic heterocycles. The molecule has 0 amide bonds. The number of nitrogens with one attached hydrogen (secondary N) is 2. The number of methoxy groups -OCH3 is 1. The van der Waals surface area contributed by atoms with E-state index in [9.17, 15) is 0 Å². The number of hydrogen-bond acceptors (Lipinski definition) is 6. The lowest BCUT2D eigenvalue weighted by atomic mass is 10.0. The Labute approximate surface area is 199 Å². The standard InChI is InChI=1S/C26H33N7O/c1-31(2)19-10-13-33(16-19)17-8-11-32(12-9-17)18-4-6-23-24(14-18)28-26(27-23)25-21-15-20(34-3)5-7-22(21)29-30-25/h4-7,14-15,17,19H,8-13,16H2,1-3H3,(H,27,28)(H,29,30). The number of likely N-dealkylation sites (tertiary alicyclic amines) is 1. The van der Waals surface area contributed by atoms with Crippen LogP contribution in [0, 0.1) is 0 Å². The van der Waals surface area contributed by atoms with Gasteiger partial charge in [0, 0.05) is 49.3 Å². The molecular weight excluding hydrogens is 426 g/mol. The Kier molecular flexibility index (Phi) is 5.42. The van der Waals surface area contributed by atoms with Crippen molar-refractivity contribution in [2.75, 3.05) is 52.3 Å². The molecule has 0 bridgehead atoms. The van der Waals surface area contributed by atoms with Crippen LogP contribution in [-0.4, -0.2) is 89.4 Å². The highest BCUT2D eigenvalue weighted by Crippen LogP contribution is 2.31. The number of aromatic amines is 2. The third-order valence-corrected chi connectivity index (χ3v) is 7.73. The zero-order chi connectivity index (χ0) is 23.2. The second-order valence-electron chi connectivity index (χ2n) is 9.89. The number of hydrogen-bond donors (Lipinski definition) is 2. The first-order chi connectivity index (χ1) is 16.6. The molecule has 8 nitrogen and oxygen atoms in total. The maximum atomic E-state index is 5.40. The van der Waals surface area contributed by atoms with Crippen molar-refractivity contribution in [2.45, 2.75) is 31.3 Å². The molecule has 2 aliphatic heterocycles. The summed E-state index contributed by atoms with van der Waals surface area (Å²) in [4.78, 5) is 15.9. The van der Waals surface area contributed by atoms with Crippen molar-refractivity contribution in [3.05, 3.63) is 36.4 Å². The summed E-state index contributed by atoms with van der Waals surface area (Å²) in [5, 5.41) is 8.62. The maximum Gasteiger partial charge on any atom is 0.159 e. The predicted octanol–water partition coefficient (Wildman–Crippen LogP) is 3.72. The van der Waals surface area contributed by atoms with Crippen LogP contribution in [0.4, 0.5) is 5.69 Å². The number of H-pyrrole nitrogens is 2. The van der Waals surface area contributed by atoms with Gasteiger partial charge in [0.05, 0.1) is 23.7 Å². The van der Waals surface area contributed by atoms with Crippen LogP contribution in [0.15, 0.2) is 36.4 Å². The monoisotopic (exact) mass is 459 g/mol. The smallest absolute Gasteiger partial charge is 0.159 e. The van der Waals surface area contributed by atoms with Crippen LogP contribution >= 0.6 is 0 Å². The number of aromatic nitrogens is 4. The van der Waals surface area contributed by atoms with Crippen LogP contribution in [0.1, 0.15) is 19.3 Å². The first-order valence-corrected chi connectivity index (χ1v) is 12.3. The first-order valence-electron chi connectivity index (χ1n) is 12.3. The lowest BCUT2D eigenvalue weighted by Gasteiger charge is -2.38. The Bertz CT molecular complexity index is 1300. The highest BCUT2D eigenvalue weighted by Gasteiger charge is 2.31. The highest BCUT2D eigenvalue weighted by molar-refractivity contribution is 5.94. The van der Waals surface area contributed by atoms with Gasteiger partial charge < -0.3 is 19.5 Å². The predicted molar refractivity (Wildman–Crippen MR) is 137 cm³/mol. The Morgan fingerprint density at radius 1 is 1.00 bits per heavy atom. The van der Waals surface area contributed by atoms with Gasteiger partial charge in [-0.1, -0.05) is 0 Å². The second kappa shape index (κ2) is 8.60. The van der Waals surface area contributed by atoms with Crippen molar-refractivity contribution in [3.63, 3.8) is 0 Å². The molecule has 0 aliphatic carbocycles. The molecular formula is C26H33N7O. The molecule has 2 aliphatic rings. The quantitative estimate of drug-likeness (QED) is 0.474. The van der Waals surface area contributed by atoms with E-state index in [2.05, 4.69) is 62.2 Å². The van der Waals surface area contributed by atoms with Gasteiger partial charge in [0.2, 0.25) is 0 Å². The van der Waals surface area contributed by atoms with Crippen molar-refractivity contribution in [1.29, 1.82) is 0 Å². The summed E-state index contributed by atoms with van der Waals surface area (Å²) in [5.74, 6) is 1.58. The van der Waals surface area contributed by atoms with E-state index in [-0.39, 0.29) is 0 Å². The van der Waals surface area contributed by atoms with Crippen LogP contribution in [-0.2, 0) is 0 Å². The third-order valence-electron chi connectivity index (χ3n) is 7.73. The number of imidazole rings is 1. The van der Waals surface area contributed by atoms with Crippen molar-refractivity contribution in [3.8, 4) is 17.3 Å². The van der Waals surface area contributed by atoms with E-state index in [1.54, 1.807) is 7.11 Å². The number of anilines is 1. The van der Waals surface area contributed by atoms with Crippen LogP contribution < -0.4 is 9.64 Å². The van der Waals surface area contributed by atoms with Gasteiger partial charge in [-0.25, -0.2) is 4.98 Å². The molecule has 4 aromatic rings. The summed E-state index contributed by atoms with van der Waals surface area (Å²) in [6.07, 6.45) is 3.76. The van der Waals surface area contributed by atoms with Crippen molar-refractivity contribution in [1.82, 2.24) is 30.0 Å². The van der Waals surface area contributed by atoms with E-state index in [1.165, 1.54) is 38.0 Å². The van der Waals surface area contributed by atoms with E-state index in [0.29, 0.717) is 12.1 Å². The molecule has 2 saturated heterocycles. The Hall–Kier alpha value is -3.10. The lowest BCUT2D eigenvalue weighted by Crippen LogP contribution is -2.45. The largest absolute Gasteiger partial charge is 0.497 e. The molecule has 8 heteroatoms.